The quantitative estimate of drug-likeness (QED) is 0.688. The minimum absolute atomic E-state index is 0.219. The van der Waals surface area contributed by atoms with Gasteiger partial charge in [-0.2, -0.15) is 0 Å². The normalized spacial score (nSPS) is 16.0. The molecule has 0 aliphatic heterocycles. The Bertz CT molecular complexity index is 511. The lowest BCUT2D eigenvalue weighted by atomic mass is 9.80. The minimum atomic E-state index is -0.683. The van der Waals surface area contributed by atoms with Gasteiger partial charge in [-0.25, -0.2) is 4.79 Å². The van der Waals surface area contributed by atoms with Crippen LogP contribution < -0.4 is 10.6 Å². The second kappa shape index (κ2) is 8.31. The number of carbonyl (C=O) groups is 1. The molecule has 0 saturated heterocycles. The van der Waals surface area contributed by atoms with E-state index in [2.05, 4.69) is 41.5 Å². The lowest BCUT2D eigenvalue weighted by Crippen LogP contribution is -2.50. The molecule has 1 aliphatic rings. The summed E-state index contributed by atoms with van der Waals surface area (Å²) in [4.78, 5) is 14.3. The lowest BCUT2D eigenvalue weighted by Gasteiger charge is -2.36. The van der Waals surface area contributed by atoms with Crippen molar-refractivity contribution in [2.24, 2.45) is 0 Å². The van der Waals surface area contributed by atoms with Gasteiger partial charge in [0, 0.05) is 19.6 Å². The smallest absolute Gasteiger partial charge is 0.315 e. The number of benzene rings is 1. The molecular weight excluding hydrogens is 290 g/mol. The molecule has 1 fully saturated rings. The summed E-state index contributed by atoms with van der Waals surface area (Å²) in [5.41, 5.74) is 1.70. The molecule has 1 aromatic rings. The number of hydrogen-bond acceptors (Lipinski definition) is 3. The second-order valence-corrected chi connectivity index (χ2v) is 6.34. The molecule has 0 unspecified atom stereocenters. The molecule has 3 N–H and O–H groups in total. The van der Waals surface area contributed by atoms with Gasteiger partial charge in [0.15, 0.2) is 0 Å². The molecule has 2 rings (SSSR count). The topological polar surface area (TPSA) is 64.6 Å². The van der Waals surface area contributed by atoms with Crippen molar-refractivity contribution in [3.05, 3.63) is 35.4 Å². The van der Waals surface area contributed by atoms with Crippen LogP contribution in [0, 0.1) is 0 Å². The van der Waals surface area contributed by atoms with E-state index in [1.807, 2.05) is 12.1 Å². The number of nitrogens with zero attached hydrogens (tertiary/aromatic N) is 1. The van der Waals surface area contributed by atoms with Gasteiger partial charge in [-0.05, 0) is 43.5 Å². The van der Waals surface area contributed by atoms with Crippen LogP contribution in [0.1, 0.15) is 44.2 Å². The highest BCUT2D eigenvalue weighted by Crippen LogP contribution is 2.30. The van der Waals surface area contributed by atoms with Gasteiger partial charge in [-0.3, -0.25) is 4.90 Å². The Balaban J connectivity index is 1.83. The van der Waals surface area contributed by atoms with Crippen LogP contribution in [0.2, 0.25) is 0 Å². The maximum absolute atomic E-state index is 11.9. The van der Waals surface area contributed by atoms with Crippen molar-refractivity contribution in [2.75, 3.05) is 19.6 Å². The monoisotopic (exact) mass is 319 g/mol. The van der Waals surface area contributed by atoms with Gasteiger partial charge in [0.1, 0.15) is 0 Å². The molecule has 1 saturated carbocycles. The molecule has 1 aliphatic carbocycles. The maximum Gasteiger partial charge on any atom is 0.315 e. The third-order valence-corrected chi connectivity index (χ3v) is 4.71. The average Bonchev–Trinajstić information content (AvgIpc) is 2.55. The van der Waals surface area contributed by atoms with Crippen LogP contribution in [0.15, 0.2) is 24.3 Å². The lowest BCUT2D eigenvalue weighted by molar-refractivity contribution is -0.0290. The fourth-order valence-corrected chi connectivity index (χ4v) is 2.82. The third-order valence-electron chi connectivity index (χ3n) is 4.71. The molecule has 0 heterocycles. The zero-order valence-electron chi connectivity index (χ0n) is 14.3. The Morgan fingerprint density at radius 3 is 2.39 bits per heavy atom. The van der Waals surface area contributed by atoms with E-state index >= 15 is 0 Å². The molecule has 5 nitrogen and oxygen atoms in total. The second-order valence-electron chi connectivity index (χ2n) is 6.34. The summed E-state index contributed by atoms with van der Waals surface area (Å²) in [5.74, 6) is 0. The number of nitrogens with one attached hydrogen (secondary N) is 2. The van der Waals surface area contributed by atoms with Crippen LogP contribution in [-0.4, -0.2) is 41.3 Å². The average molecular weight is 319 g/mol. The molecule has 128 valence electrons. The molecule has 2 amide bonds. The van der Waals surface area contributed by atoms with Crippen molar-refractivity contribution in [2.45, 2.75) is 51.8 Å². The van der Waals surface area contributed by atoms with Crippen LogP contribution in [0.3, 0.4) is 0 Å². The molecule has 0 aromatic heterocycles. The summed E-state index contributed by atoms with van der Waals surface area (Å²) in [6, 6.07) is 7.98. The third kappa shape index (κ3) is 5.22. The van der Waals surface area contributed by atoms with Gasteiger partial charge in [-0.1, -0.05) is 38.1 Å². The van der Waals surface area contributed by atoms with E-state index in [0.717, 1.165) is 44.5 Å². The van der Waals surface area contributed by atoms with Crippen LogP contribution >= 0.6 is 0 Å². The van der Waals surface area contributed by atoms with Crippen molar-refractivity contribution in [3.63, 3.8) is 0 Å². The fourth-order valence-electron chi connectivity index (χ4n) is 2.82. The number of aliphatic hydroxyl groups is 1. The Labute approximate surface area is 139 Å². The van der Waals surface area contributed by atoms with Crippen molar-refractivity contribution >= 4 is 6.03 Å². The van der Waals surface area contributed by atoms with E-state index in [1.165, 1.54) is 5.56 Å². The van der Waals surface area contributed by atoms with E-state index in [4.69, 9.17) is 0 Å². The van der Waals surface area contributed by atoms with E-state index in [9.17, 15) is 9.90 Å². The Kier molecular flexibility index (Phi) is 6.42. The summed E-state index contributed by atoms with van der Waals surface area (Å²) in [6.45, 7) is 8.06. The first-order chi connectivity index (χ1) is 11.1. The fraction of sp³-hybridized carbons (Fsp3) is 0.611. The minimum Gasteiger partial charge on any atom is -0.388 e. The number of urea groups is 1. The van der Waals surface area contributed by atoms with Crippen molar-refractivity contribution in [1.82, 2.24) is 15.5 Å². The van der Waals surface area contributed by atoms with Gasteiger partial charge in [0.25, 0.3) is 0 Å². The molecule has 0 spiro atoms. The maximum atomic E-state index is 11.9. The van der Waals surface area contributed by atoms with E-state index in [1.54, 1.807) is 0 Å². The Hall–Kier alpha value is -1.59. The van der Waals surface area contributed by atoms with Crippen LogP contribution in [-0.2, 0) is 13.1 Å². The predicted octanol–water partition coefficient (Wildman–Crippen LogP) is 2.24. The first-order valence-corrected chi connectivity index (χ1v) is 8.59. The first-order valence-electron chi connectivity index (χ1n) is 8.59. The summed E-state index contributed by atoms with van der Waals surface area (Å²) >= 11 is 0. The van der Waals surface area contributed by atoms with Crippen molar-refractivity contribution in [3.8, 4) is 0 Å². The predicted molar refractivity (Wildman–Crippen MR) is 92.1 cm³/mol. The standard InChI is InChI=1S/C18H29N3O2/c1-3-21(4-2)13-16-9-6-5-8-15(16)12-19-17(22)20-14-18(23)10-7-11-18/h5-6,8-9,23H,3-4,7,10-14H2,1-2H3,(H2,19,20,22). The zero-order chi connectivity index (χ0) is 16.7. The van der Waals surface area contributed by atoms with Crippen LogP contribution in [0.25, 0.3) is 0 Å². The molecule has 23 heavy (non-hydrogen) atoms. The SMILES string of the molecule is CCN(CC)Cc1ccccc1CNC(=O)NCC1(O)CCC1. The van der Waals surface area contributed by atoms with Gasteiger partial charge >= 0.3 is 6.03 Å². The van der Waals surface area contributed by atoms with Crippen LogP contribution in [0.5, 0.6) is 0 Å². The van der Waals surface area contributed by atoms with Gasteiger partial charge in [0.2, 0.25) is 0 Å². The molecular formula is C18H29N3O2. The van der Waals surface area contributed by atoms with E-state index < -0.39 is 5.60 Å². The highest BCUT2D eigenvalue weighted by Gasteiger charge is 2.34. The zero-order valence-corrected chi connectivity index (χ0v) is 14.3. The van der Waals surface area contributed by atoms with Crippen molar-refractivity contribution in [1.29, 1.82) is 0 Å². The summed E-state index contributed by atoms with van der Waals surface area (Å²) in [5, 5.41) is 15.7. The highest BCUT2D eigenvalue weighted by atomic mass is 16.3. The summed E-state index contributed by atoms with van der Waals surface area (Å²) in [6.07, 6.45) is 2.60. The number of rotatable bonds is 8. The Morgan fingerprint density at radius 2 is 1.83 bits per heavy atom. The number of carbonyl (C=O) groups excluding carboxylic acids is 1. The highest BCUT2D eigenvalue weighted by molar-refractivity contribution is 5.74. The largest absolute Gasteiger partial charge is 0.388 e. The molecule has 1 aromatic carbocycles. The van der Waals surface area contributed by atoms with Gasteiger partial charge in [0.05, 0.1) is 5.60 Å². The molecule has 0 radical (unpaired) electrons. The Morgan fingerprint density at radius 1 is 1.17 bits per heavy atom. The summed E-state index contributed by atoms with van der Waals surface area (Å²) < 4.78 is 0. The molecule has 0 bridgehead atoms. The number of hydrogen-bond donors (Lipinski definition) is 3. The summed E-state index contributed by atoms with van der Waals surface area (Å²) in [7, 11) is 0. The van der Waals surface area contributed by atoms with Crippen molar-refractivity contribution < 1.29 is 9.90 Å². The van der Waals surface area contributed by atoms with Gasteiger partial charge in [-0.15, -0.1) is 0 Å². The first kappa shape index (κ1) is 17.8. The number of amides is 2. The molecule has 0 atom stereocenters. The van der Waals surface area contributed by atoms with E-state index in [0.29, 0.717) is 13.1 Å². The molecule has 5 heteroatoms. The van der Waals surface area contributed by atoms with Gasteiger partial charge < -0.3 is 15.7 Å². The van der Waals surface area contributed by atoms with E-state index in [-0.39, 0.29) is 6.03 Å². The van der Waals surface area contributed by atoms with Crippen LogP contribution in [0.4, 0.5) is 4.79 Å².